The van der Waals surface area contributed by atoms with Gasteiger partial charge in [0.2, 0.25) is 0 Å². The highest BCUT2D eigenvalue weighted by Gasteiger charge is 2.46. The molecule has 0 bridgehead atoms. The highest BCUT2D eigenvalue weighted by atomic mass is 16.6. The first-order valence-electron chi connectivity index (χ1n) is 10.1. The summed E-state index contributed by atoms with van der Waals surface area (Å²) < 4.78 is 16.4. The van der Waals surface area contributed by atoms with E-state index in [1.807, 2.05) is 25.7 Å². The summed E-state index contributed by atoms with van der Waals surface area (Å²) in [6, 6.07) is 7.22. The largest absolute Gasteiger partial charge is 0.493 e. The summed E-state index contributed by atoms with van der Waals surface area (Å²) in [5, 5.41) is 0. The van der Waals surface area contributed by atoms with Gasteiger partial charge in [0.15, 0.2) is 0 Å². The maximum Gasteiger partial charge on any atom is 0.410 e. The Morgan fingerprint density at radius 2 is 1.79 bits per heavy atom. The topological polar surface area (TPSA) is 65.1 Å². The Morgan fingerprint density at radius 1 is 1.11 bits per heavy atom. The third-order valence-corrected chi connectivity index (χ3v) is 5.59. The fourth-order valence-corrected chi connectivity index (χ4v) is 4.32. The van der Waals surface area contributed by atoms with Gasteiger partial charge in [0, 0.05) is 18.5 Å². The lowest BCUT2D eigenvalue weighted by Crippen LogP contribution is -2.42. The number of methoxy groups -OCH3 is 1. The summed E-state index contributed by atoms with van der Waals surface area (Å²) in [5.41, 5.74) is 0.0104. The number of rotatable bonds is 4. The maximum atomic E-state index is 12.7. The van der Waals surface area contributed by atoms with Crippen molar-refractivity contribution < 1.29 is 23.8 Å². The Bertz CT molecular complexity index is 694. The summed E-state index contributed by atoms with van der Waals surface area (Å²) in [6.45, 7) is 6.93. The molecule has 28 heavy (non-hydrogen) atoms. The zero-order valence-corrected chi connectivity index (χ0v) is 17.3. The average molecular weight is 389 g/mol. The quantitative estimate of drug-likeness (QED) is 0.719. The molecule has 3 rings (SSSR count). The predicted molar refractivity (Wildman–Crippen MR) is 105 cm³/mol. The van der Waals surface area contributed by atoms with Crippen molar-refractivity contribution in [2.24, 2.45) is 11.8 Å². The van der Waals surface area contributed by atoms with E-state index in [1.165, 1.54) is 13.5 Å². The molecule has 0 N–H and O–H groups in total. The first-order valence-corrected chi connectivity index (χ1v) is 10.1. The molecule has 3 unspecified atom stereocenters. The number of carbonyl (C=O) groups is 2. The van der Waals surface area contributed by atoms with Gasteiger partial charge in [-0.2, -0.15) is 0 Å². The summed E-state index contributed by atoms with van der Waals surface area (Å²) >= 11 is 0. The number of fused-ring (bicyclic) bond motifs is 1. The molecule has 1 saturated carbocycles. The van der Waals surface area contributed by atoms with E-state index in [-0.39, 0.29) is 24.0 Å². The van der Waals surface area contributed by atoms with Gasteiger partial charge in [0.25, 0.3) is 0 Å². The molecule has 1 aliphatic heterocycles. The van der Waals surface area contributed by atoms with Crippen LogP contribution in [0.25, 0.3) is 0 Å². The molecule has 1 amide bonds. The van der Waals surface area contributed by atoms with Crippen LogP contribution in [0.3, 0.4) is 0 Å². The fraction of sp³-hybridized carbons (Fsp3) is 0.636. The Hall–Kier alpha value is -2.24. The third kappa shape index (κ3) is 4.78. The van der Waals surface area contributed by atoms with Gasteiger partial charge in [0.1, 0.15) is 11.4 Å². The van der Waals surface area contributed by atoms with Crippen LogP contribution in [0.2, 0.25) is 0 Å². The summed E-state index contributed by atoms with van der Waals surface area (Å²) in [4.78, 5) is 26.1. The average Bonchev–Trinajstić information content (AvgIpc) is 3.04. The minimum atomic E-state index is -0.489. The van der Waals surface area contributed by atoms with E-state index >= 15 is 0 Å². The zero-order chi connectivity index (χ0) is 20.3. The van der Waals surface area contributed by atoms with Crippen LogP contribution in [0, 0.1) is 11.8 Å². The highest BCUT2D eigenvalue weighted by molar-refractivity contribution is 5.89. The van der Waals surface area contributed by atoms with Crippen LogP contribution in [-0.4, -0.2) is 48.9 Å². The maximum absolute atomic E-state index is 12.7. The van der Waals surface area contributed by atoms with Gasteiger partial charge in [-0.3, -0.25) is 0 Å². The lowest BCUT2D eigenvalue weighted by atomic mass is 9.80. The number of carbonyl (C=O) groups excluding carboxylic acids is 2. The van der Waals surface area contributed by atoms with Crippen LogP contribution in [0.1, 0.15) is 56.8 Å². The standard InChI is InChI=1S/C22H31NO5/c1-22(2,3)28-21(25)23-13-16(18-7-5-6-8-19(18)23)14-27-17-11-9-15(10-12-17)20(24)26-4/h9-12,16,18-19H,5-8,13-14H2,1-4H3. The van der Waals surface area contributed by atoms with E-state index in [1.54, 1.807) is 24.3 Å². The number of esters is 1. The van der Waals surface area contributed by atoms with Crippen molar-refractivity contribution in [1.82, 2.24) is 4.90 Å². The normalized spacial score (nSPS) is 24.4. The van der Waals surface area contributed by atoms with Crippen LogP contribution in [-0.2, 0) is 9.47 Å². The van der Waals surface area contributed by atoms with Crippen molar-refractivity contribution in [3.8, 4) is 5.75 Å². The van der Waals surface area contributed by atoms with E-state index in [9.17, 15) is 9.59 Å². The van der Waals surface area contributed by atoms with Crippen LogP contribution < -0.4 is 4.74 Å². The molecule has 0 spiro atoms. The Balaban J connectivity index is 1.63. The van der Waals surface area contributed by atoms with Crippen molar-refractivity contribution in [1.29, 1.82) is 0 Å². The molecule has 1 aliphatic carbocycles. The first-order chi connectivity index (χ1) is 13.3. The summed E-state index contributed by atoms with van der Waals surface area (Å²) in [7, 11) is 1.36. The number of likely N-dealkylation sites (tertiary alicyclic amines) is 1. The van der Waals surface area contributed by atoms with Gasteiger partial charge in [-0.1, -0.05) is 12.8 Å². The molecule has 2 fully saturated rings. The van der Waals surface area contributed by atoms with Gasteiger partial charge >= 0.3 is 12.1 Å². The third-order valence-electron chi connectivity index (χ3n) is 5.59. The van der Waals surface area contributed by atoms with Gasteiger partial charge < -0.3 is 19.1 Å². The smallest absolute Gasteiger partial charge is 0.410 e. The number of hydrogen-bond acceptors (Lipinski definition) is 5. The molecule has 6 heteroatoms. The van der Waals surface area contributed by atoms with Gasteiger partial charge in [-0.25, -0.2) is 9.59 Å². The molecule has 1 saturated heterocycles. The molecule has 1 aromatic carbocycles. The second-order valence-corrected chi connectivity index (χ2v) is 8.74. The molecule has 0 radical (unpaired) electrons. The minimum absolute atomic E-state index is 0.214. The molecule has 0 aromatic heterocycles. The van der Waals surface area contributed by atoms with Crippen molar-refractivity contribution >= 4 is 12.1 Å². The molecule has 2 aliphatic rings. The SMILES string of the molecule is COC(=O)c1ccc(OCC2CN(C(=O)OC(C)(C)C)C3CCCCC23)cc1. The molecule has 6 nitrogen and oxygen atoms in total. The monoisotopic (exact) mass is 389 g/mol. The number of hydrogen-bond donors (Lipinski definition) is 0. The summed E-state index contributed by atoms with van der Waals surface area (Å²) in [5.74, 6) is 1.10. The van der Waals surface area contributed by atoms with E-state index < -0.39 is 5.60 Å². The van der Waals surface area contributed by atoms with E-state index in [0.717, 1.165) is 25.0 Å². The number of nitrogens with zero attached hydrogens (tertiary/aromatic N) is 1. The van der Waals surface area contributed by atoms with Crippen LogP contribution in [0.4, 0.5) is 4.79 Å². The van der Waals surface area contributed by atoms with E-state index in [4.69, 9.17) is 14.2 Å². The zero-order valence-electron chi connectivity index (χ0n) is 17.3. The highest BCUT2D eigenvalue weighted by Crippen LogP contribution is 2.40. The van der Waals surface area contributed by atoms with Crippen molar-refractivity contribution in [3.05, 3.63) is 29.8 Å². The molecule has 1 aromatic rings. The summed E-state index contributed by atoms with van der Waals surface area (Å²) in [6.07, 6.45) is 4.30. The minimum Gasteiger partial charge on any atom is -0.493 e. The lowest BCUT2D eigenvalue weighted by molar-refractivity contribution is 0.0181. The van der Waals surface area contributed by atoms with Gasteiger partial charge in [0.05, 0.1) is 19.3 Å². The number of benzene rings is 1. The van der Waals surface area contributed by atoms with Crippen molar-refractivity contribution in [2.75, 3.05) is 20.3 Å². The second-order valence-electron chi connectivity index (χ2n) is 8.74. The lowest BCUT2D eigenvalue weighted by Gasteiger charge is -2.33. The Kier molecular flexibility index (Phi) is 6.16. The van der Waals surface area contributed by atoms with Gasteiger partial charge in [-0.05, 0) is 63.8 Å². The van der Waals surface area contributed by atoms with Crippen LogP contribution in [0.5, 0.6) is 5.75 Å². The molecular formula is C22H31NO5. The van der Waals surface area contributed by atoms with Crippen molar-refractivity contribution in [3.63, 3.8) is 0 Å². The second kappa shape index (κ2) is 8.41. The van der Waals surface area contributed by atoms with Gasteiger partial charge in [-0.15, -0.1) is 0 Å². The van der Waals surface area contributed by atoms with Crippen LogP contribution >= 0.6 is 0 Å². The van der Waals surface area contributed by atoms with E-state index in [0.29, 0.717) is 24.6 Å². The Morgan fingerprint density at radius 3 is 2.43 bits per heavy atom. The predicted octanol–water partition coefficient (Wildman–Crippen LogP) is 4.28. The first kappa shape index (κ1) is 20.5. The molecule has 1 heterocycles. The number of ether oxygens (including phenoxy) is 3. The number of amides is 1. The fourth-order valence-electron chi connectivity index (χ4n) is 4.32. The Labute approximate surface area is 167 Å². The van der Waals surface area contributed by atoms with Crippen LogP contribution in [0.15, 0.2) is 24.3 Å². The molecule has 154 valence electrons. The molecular weight excluding hydrogens is 358 g/mol. The van der Waals surface area contributed by atoms with E-state index in [2.05, 4.69) is 0 Å². The van der Waals surface area contributed by atoms with Crippen molar-refractivity contribution in [2.45, 2.75) is 58.1 Å². The molecule has 3 atom stereocenters.